The summed E-state index contributed by atoms with van der Waals surface area (Å²) >= 11 is 18.4. The monoisotopic (exact) mass is 399 g/mol. The molecule has 0 aliphatic carbocycles. The molecule has 0 atom stereocenters. The zero-order valence-corrected chi connectivity index (χ0v) is 16.1. The number of nitrogens with zero attached hydrogens (tertiary/aromatic N) is 1. The van der Waals surface area contributed by atoms with E-state index < -0.39 is 0 Å². The third-order valence-electron chi connectivity index (χ3n) is 3.83. The molecule has 130 valence electrons. The lowest BCUT2D eigenvalue weighted by atomic mass is 9.99. The van der Waals surface area contributed by atoms with Gasteiger partial charge in [-0.25, -0.2) is 0 Å². The van der Waals surface area contributed by atoms with Gasteiger partial charge in [-0.05, 0) is 23.3 Å². The highest BCUT2D eigenvalue weighted by Gasteiger charge is 2.14. The van der Waals surface area contributed by atoms with Gasteiger partial charge < -0.3 is 4.90 Å². The van der Waals surface area contributed by atoms with E-state index in [0.29, 0.717) is 0 Å². The molecule has 0 aliphatic rings. The van der Waals surface area contributed by atoms with Gasteiger partial charge >= 0.3 is 0 Å². The Hall–Kier alpha value is -2.19. The highest BCUT2D eigenvalue weighted by Crippen LogP contribution is 2.32. The molecule has 3 aromatic rings. The van der Waals surface area contributed by atoms with Crippen molar-refractivity contribution in [2.24, 2.45) is 0 Å². The maximum Gasteiger partial charge on any atom is 0.143 e. The van der Waals surface area contributed by atoms with Gasteiger partial charge in [0.2, 0.25) is 0 Å². The number of anilines is 1. The quantitative estimate of drug-likeness (QED) is 0.403. The van der Waals surface area contributed by atoms with Crippen molar-refractivity contribution in [2.75, 3.05) is 4.90 Å². The molecule has 0 N–H and O–H groups in total. The summed E-state index contributed by atoms with van der Waals surface area (Å²) in [5.74, 6) is 0. The first-order valence-electron chi connectivity index (χ1n) is 8.04. The molecule has 3 rings (SSSR count). The predicted molar refractivity (Wildman–Crippen MR) is 113 cm³/mol. The molecule has 0 aliphatic heterocycles. The van der Waals surface area contributed by atoms with Crippen molar-refractivity contribution in [3.63, 3.8) is 0 Å². The number of benzene rings is 3. The van der Waals surface area contributed by atoms with Gasteiger partial charge in [-0.15, -0.1) is 0 Å². The minimum Gasteiger partial charge on any atom is -0.305 e. The van der Waals surface area contributed by atoms with Crippen molar-refractivity contribution in [1.29, 1.82) is 0 Å². The van der Waals surface area contributed by atoms with Crippen LogP contribution in [0, 0.1) is 0 Å². The third-order valence-corrected chi connectivity index (χ3v) is 4.75. The maximum atomic E-state index is 6.43. The lowest BCUT2D eigenvalue weighted by Crippen LogP contribution is -2.13. The first-order valence-corrected chi connectivity index (χ1v) is 9.18. The highest BCUT2D eigenvalue weighted by molar-refractivity contribution is 6.59. The SMILES string of the molecule is ClC(Cl)=C(Cl)N(C=C(c1ccccc1)c1ccccc1)c1ccccc1. The Kier molecular flexibility index (Phi) is 6.40. The van der Waals surface area contributed by atoms with Gasteiger partial charge in [0, 0.05) is 17.5 Å². The predicted octanol–water partition coefficient (Wildman–Crippen LogP) is 7.43. The fourth-order valence-electron chi connectivity index (χ4n) is 2.60. The summed E-state index contributed by atoms with van der Waals surface area (Å²) in [4.78, 5) is 1.78. The molecular formula is C22H16Cl3N. The van der Waals surface area contributed by atoms with Crippen molar-refractivity contribution >= 4 is 46.1 Å². The highest BCUT2D eigenvalue weighted by atomic mass is 35.5. The van der Waals surface area contributed by atoms with Gasteiger partial charge in [0.1, 0.15) is 9.65 Å². The largest absolute Gasteiger partial charge is 0.305 e. The molecule has 4 heteroatoms. The van der Waals surface area contributed by atoms with Crippen LogP contribution in [-0.2, 0) is 0 Å². The third kappa shape index (κ3) is 4.50. The zero-order chi connectivity index (χ0) is 18.4. The maximum absolute atomic E-state index is 6.43. The van der Waals surface area contributed by atoms with E-state index in [-0.39, 0.29) is 9.65 Å². The molecular weight excluding hydrogens is 385 g/mol. The first kappa shape index (κ1) is 18.6. The van der Waals surface area contributed by atoms with Crippen LogP contribution in [0.15, 0.2) is 107 Å². The number of hydrogen-bond donors (Lipinski definition) is 0. The molecule has 0 bridgehead atoms. The molecule has 1 nitrogen and oxygen atoms in total. The molecule has 0 aromatic heterocycles. The van der Waals surface area contributed by atoms with Crippen LogP contribution in [0.1, 0.15) is 11.1 Å². The van der Waals surface area contributed by atoms with E-state index >= 15 is 0 Å². The first-order chi connectivity index (χ1) is 12.7. The van der Waals surface area contributed by atoms with Crippen molar-refractivity contribution in [2.45, 2.75) is 0 Å². The molecule has 0 spiro atoms. The summed E-state index contributed by atoms with van der Waals surface area (Å²) in [5, 5.41) is 0.240. The summed E-state index contributed by atoms with van der Waals surface area (Å²) in [5.41, 5.74) is 3.99. The van der Waals surface area contributed by atoms with Gasteiger partial charge in [-0.1, -0.05) is 114 Å². The molecule has 0 saturated heterocycles. The van der Waals surface area contributed by atoms with Crippen LogP contribution in [-0.4, -0.2) is 0 Å². The second-order valence-electron chi connectivity index (χ2n) is 5.53. The molecule has 0 unspecified atom stereocenters. The fraction of sp³-hybridized carbons (Fsp3) is 0. The van der Waals surface area contributed by atoms with Crippen LogP contribution in [0.3, 0.4) is 0 Å². The zero-order valence-electron chi connectivity index (χ0n) is 13.8. The van der Waals surface area contributed by atoms with E-state index in [4.69, 9.17) is 34.8 Å². The molecule has 0 saturated carbocycles. The fourth-order valence-corrected chi connectivity index (χ4v) is 2.93. The van der Waals surface area contributed by atoms with Crippen molar-refractivity contribution in [3.8, 4) is 0 Å². The van der Waals surface area contributed by atoms with Crippen LogP contribution >= 0.6 is 34.8 Å². The Morgan fingerprint density at radius 1 is 0.615 bits per heavy atom. The van der Waals surface area contributed by atoms with Crippen LogP contribution < -0.4 is 4.90 Å². The lowest BCUT2D eigenvalue weighted by Gasteiger charge is -2.22. The van der Waals surface area contributed by atoms with E-state index in [9.17, 15) is 0 Å². The standard InChI is InChI=1S/C22H16Cl3N/c23-21(24)22(25)26(19-14-8-3-9-15-19)16-20(17-10-4-1-5-11-17)18-12-6-2-7-13-18/h1-16H. The smallest absolute Gasteiger partial charge is 0.143 e. The van der Waals surface area contributed by atoms with E-state index in [0.717, 1.165) is 22.4 Å². The average Bonchev–Trinajstić information content (AvgIpc) is 2.70. The number of halogens is 3. The van der Waals surface area contributed by atoms with Gasteiger partial charge in [0.25, 0.3) is 0 Å². The number of hydrogen-bond acceptors (Lipinski definition) is 1. The summed E-state index contributed by atoms with van der Waals surface area (Å²) in [6.07, 6.45) is 1.95. The summed E-state index contributed by atoms with van der Waals surface area (Å²) < 4.78 is 0.00671. The Bertz CT molecular complexity index is 858. The lowest BCUT2D eigenvalue weighted by molar-refractivity contribution is 1.25. The Morgan fingerprint density at radius 3 is 1.46 bits per heavy atom. The van der Waals surface area contributed by atoms with Gasteiger partial charge in [0.15, 0.2) is 0 Å². The van der Waals surface area contributed by atoms with E-state index in [2.05, 4.69) is 24.3 Å². The summed E-state index contributed by atoms with van der Waals surface area (Å²) in [7, 11) is 0. The molecule has 26 heavy (non-hydrogen) atoms. The van der Waals surface area contributed by atoms with Crippen LogP contribution in [0.5, 0.6) is 0 Å². The Balaban J connectivity index is 2.19. The molecule has 0 amide bonds. The van der Waals surface area contributed by atoms with Crippen LogP contribution in [0.4, 0.5) is 5.69 Å². The van der Waals surface area contributed by atoms with E-state index in [1.165, 1.54) is 0 Å². The van der Waals surface area contributed by atoms with E-state index in [1.807, 2.05) is 72.9 Å². The molecule has 3 aromatic carbocycles. The van der Waals surface area contributed by atoms with E-state index in [1.54, 1.807) is 4.90 Å². The molecule has 0 fully saturated rings. The van der Waals surface area contributed by atoms with Gasteiger partial charge in [-0.3, -0.25) is 0 Å². The minimum absolute atomic E-state index is 0.00671. The second-order valence-corrected chi connectivity index (χ2v) is 6.84. The van der Waals surface area contributed by atoms with Crippen molar-refractivity contribution < 1.29 is 0 Å². The van der Waals surface area contributed by atoms with Crippen LogP contribution in [0.2, 0.25) is 0 Å². The minimum atomic E-state index is 0.00671. The topological polar surface area (TPSA) is 3.24 Å². The Morgan fingerprint density at radius 2 is 1.04 bits per heavy atom. The van der Waals surface area contributed by atoms with Crippen molar-refractivity contribution in [1.82, 2.24) is 0 Å². The number of para-hydroxylation sites is 1. The number of rotatable bonds is 5. The summed E-state index contributed by atoms with van der Waals surface area (Å²) in [6.45, 7) is 0. The second kappa shape index (κ2) is 8.95. The molecule has 0 radical (unpaired) electrons. The average molecular weight is 401 g/mol. The van der Waals surface area contributed by atoms with Crippen LogP contribution in [0.25, 0.3) is 5.57 Å². The van der Waals surface area contributed by atoms with Gasteiger partial charge in [-0.2, -0.15) is 0 Å². The molecule has 0 heterocycles. The summed E-state index contributed by atoms with van der Waals surface area (Å²) in [6, 6.07) is 29.9. The Labute approximate surface area is 168 Å². The normalized spacial score (nSPS) is 10.1. The van der Waals surface area contributed by atoms with Crippen molar-refractivity contribution in [3.05, 3.63) is 118 Å². The van der Waals surface area contributed by atoms with Gasteiger partial charge in [0.05, 0.1) is 0 Å².